The summed E-state index contributed by atoms with van der Waals surface area (Å²) < 4.78 is 7.34. The lowest BCUT2D eigenvalue weighted by Gasteiger charge is -2.15. The van der Waals surface area contributed by atoms with Gasteiger partial charge in [-0.2, -0.15) is 0 Å². The normalized spacial score (nSPS) is 25.9. The van der Waals surface area contributed by atoms with E-state index in [1.165, 1.54) is 0 Å². The van der Waals surface area contributed by atoms with Crippen LogP contribution in [0.2, 0.25) is 0 Å². The molecule has 0 aromatic carbocycles. The van der Waals surface area contributed by atoms with Crippen molar-refractivity contribution in [2.75, 3.05) is 13.2 Å². The first-order valence-electron chi connectivity index (χ1n) is 5.55. The number of rotatable bonds is 5. The van der Waals surface area contributed by atoms with Gasteiger partial charge in [0.1, 0.15) is 0 Å². The third kappa shape index (κ3) is 3.00. The van der Waals surface area contributed by atoms with Gasteiger partial charge in [0.2, 0.25) is 0 Å². The number of hydrogen-bond donors (Lipinski definition) is 1. The first-order valence-corrected chi connectivity index (χ1v) is 5.55. The molecule has 0 aliphatic carbocycles. The lowest BCUT2D eigenvalue weighted by Crippen LogP contribution is -2.35. The standard InChI is InChI=1S/C10H18N4O/c1-9-10(3-8-15-9)11-4-2-6-14-7-5-12-13-14/h5,7,9-11H,2-4,6,8H2,1H3. The summed E-state index contributed by atoms with van der Waals surface area (Å²) in [6, 6.07) is 0.528. The summed E-state index contributed by atoms with van der Waals surface area (Å²) in [5.41, 5.74) is 0. The lowest BCUT2D eigenvalue weighted by atomic mass is 10.1. The molecule has 5 nitrogen and oxygen atoms in total. The fourth-order valence-corrected chi connectivity index (χ4v) is 1.88. The first kappa shape index (κ1) is 10.6. The van der Waals surface area contributed by atoms with Crippen LogP contribution in [0.15, 0.2) is 12.4 Å². The molecular weight excluding hydrogens is 192 g/mol. The summed E-state index contributed by atoms with van der Waals surface area (Å²) in [4.78, 5) is 0. The van der Waals surface area contributed by atoms with E-state index in [-0.39, 0.29) is 0 Å². The predicted octanol–water partition coefficient (Wildman–Crippen LogP) is 0.435. The lowest BCUT2D eigenvalue weighted by molar-refractivity contribution is 0.113. The van der Waals surface area contributed by atoms with E-state index in [9.17, 15) is 0 Å². The summed E-state index contributed by atoms with van der Waals surface area (Å²) in [5, 5.41) is 11.2. The van der Waals surface area contributed by atoms with Crippen LogP contribution in [-0.2, 0) is 11.3 Å². The minimum atomic E-state index is 0.358. The van der Waals surface area contributed by atoms with Gasteiger partial charge in [-0.05, 0) is 26.3 Å². The van der Waals surface area contributed by atoms with E-state index in [1.54, 1.807) is 6.20 Å². The number of aromatic nitrogens is 3. The number of aryl methyl sites for hydroxylation is 1. The van der Waals surface area contributed by atoms with Gasteiger partial charge in [0.15, 0.2) is 0 Å². The summed E-state index contributed by atoms with van der Waals surface area (Å²) in [6.07, 6.45) is 6.16. The molecule has 2 heterocycles. The zero-order valence-electron chi connectivity index (χ0n) is 9.09. The Labute approximate surface area is 89.8 Å². The van der Waals surface area contributed by atoms with Crippen molar-refractivity contribution in [3.8, 4) is 0 Å². The van der Waals surface area contributed by atoms with Crippen LogP contribution in [0.1, 0.15) is 19.8 Å². The van der Waals surface area contributed by atoms with Crippen LogP contribution in [0.3, 0.4) is 0 Å². The highest BCUT2D eigenvalue weighted by Crippen LogP contribution is 2.12. The van der Waals surface area contributed by atoms with Gasteiger partial charge in [0, 0.05) is 25.4 Å². The molecule has 0 radical (unpaired) electrons. The molecule has 1 aromatic heterocycles. The summed E-state index contributed by atoms with van der Waals surface area (Å²) >= 11 is 0. The molecule has 2 unspecified atom stereocenters. The molecule has 1 aliphatic rings. The number of nitrogens with zero attached hydrogens (tertiary/aromatic N) is 3. The Hall–Kier alpha value is -0.940. The molecule has 84 valence electrons. The monoisotopic (exact) mass is 210 g/mol. The molecule has 0 spiro atoms. The third-order valence-corrected chi connectivity index (χ3v) is 2.82. The van der Waals surface area contributed by atoms with E-state index in [1.807, 2.05) is 10.9 Å². The van der Waals surface area contributed by atoms with Crippen molar-refractivity contribution < 1.29 is 4.74 Å². The van der Waals surface area contributed by atoms with Gasteiger partial charge in [-0.25, -0.2) is 0 Å². The summed E-state index contributed by atoms with van der Waals surface area (Å²) in [5.74, 6) is 0. The van der Waals surface area contributed by atoms with Gasteiger partial charge in [-0.15, -0.1) is 5.10 Å². The van der Waals surface area contributed by atoms with Gasteiger partial charge >= 0.3 is 0 Å². The molecule has 1 saturated heterocycles. The highest BCUT2D eigenvalue weighted by atomic mass is 16.5. The fourth-order valence-electron chi connectivity index (χ4n) is 1.88. The molecule has 1 aromatic rings. The van der Waals surface area contributed by atoms with Gasteiger partial charge in [-0.1, -0.05) is 5.21 Å². The Balaban J connectivity index is 1.59. The summed E-state index contributed by atoms with van der Waals surface area (Å²) in [6.45, 7) is 4.96. The van der Waals surface area contributed by atoms with E-state index in [2.05, 4.69) is 22.6 Å². The molecule has 1 N–H and O–H groups in total. The number of nitrogens with one attached hydrogen (secondary N) is 1. The molecule has 5 heteroatoms. The van der Waals surface area contributed by atoms with Crippen molar-refractivity contribution in [2.45, 2.75) is 38.5 Å². The Morgan fingerprint density at radius 1 is 1.60 bits per heavy atom. The zero-order chi connectivity index (χ0) is 10.5. The van der Waals surface area contributed by atoms with Crippen molar-refractivity contribution in [2.24, 2.45) is 0 Å². The van der Waals surface area contributed by atoms with Gasteiger partial charge in [-0.3, -0.25) is 4.68 Å². The topological polar surface area (TPSA) is 52.0 Å². The van der Waals surface area contributed by atoms with Crippen LogP contribution in [0, 0.1) is 0 Å². The largest absolute Gasteiger partial charge is 0.377 e. The average Bonchev–Trinajstić information content (AvgIpc) is 2.85. The van der Waals surface area contributed by atoms with E-state index in [4.69, 9.17) is 4.74 Å². The molecule has 1 aliphatic heterocycles. The maximum Gasteiger partial charge on any atom is 0.0700 e. The van der Waals surface area contributed by atoms with E-state index in [0.29, 0.717) is 12.1 Å². The van der Waals surface area contributed by atoms with Crippen LogP contribution in [0.5, 0.6) is 0 Å². The van der Waals surface area contributed by atoms with Gasteiger partial charge in [0.25, 0.3) is 0 Å². The summed E-state index contributed by atoms with van der Waals surface area (Å²) in [7, 11) is 0. The molecule has 0 amide bonds. The molecule has 2 atom stereocenters. The Morgan fingerprint density at radius 3 is 3.20 bits per heavy atom. The van der Waals surface area contributed by atoms with Crippen molar-refractivity contribution in [1.29, 1.82) is 0 Å². The fraction of sp³-hybridized carbons (Fsp3) is 0.800. The second kappa shape index (κ2) is 5.23. The smallest absolute Gasteiger partial charge is 0.0700 e. The second-order valence-corrected chi connectivity index (χ2v) is 3.94. The number of ether oxygens (including phenoxy) is 1. The molecule has 2 rings (SSSR count). The molecule has 0 saturated carbocycles. The SMILES string of the molecule is CC1OCCC1NCCCn1ccnn1. The Bertz CT molecular complexity index is 275. The van der Waals surface area contributed by atoms with Crippen molar-refractivity contribution in [3.63, 3.8) is 0 Å². The van der Waals surface area contributed by atoms with Crippen LogP contribution >= 0.6 is 0 Å². The number of hydrogen-bond acceptors (Lipinski definition) is 4. The maximum absolute atomic E-state index is 5.48. The Morgan fingerprint density at radius 2 is 2.53 bits per heavy atom. The predicted molar refractivity (Wildman–Crippen MR) is 56.5 cm³/mol. The quantitative estimate of drug-likeness (QED) is 0.716. The molecule has 1 fully saturated rings. The van der Waals surface area contributed by atoms with Gasteiger partial charge < -0.3 is 10.1 Å². The zero-order valence-corrected chi connectivity index (χ0v) is 9.09. The average molecular weight is 210 g/mol. The second-order valence-electron chi connectivity index (χ2n) is 3.94. The van der Waals surface area contributed by atoms with E-state index < -0.39 is 0 Å². The van der Waals surface area contributed by atoms with E-state index >= 15 is 0 Å². The van der Waals surface area contributed by atoms with Crippen LogP contribution < -0.4 is 5.32 Å². The van der Waals surface area contributed by atoms with Crippen molar-refractivity contribution >= 4 is 0 Å². The van der Waals surface area contributed by atoms with E-state index in [0.717, 1.165) is 32.5 Å². The van der Waals surface area contributed by atoms with Gasteiger partial charge in [0.05, 0.1) is 12.3 Å². The van der Waals surface area contributed by atoms with Crippen LogP contribution in [0.25, 0.3) is 0 Å². The highest BCUT2D eigenvalue weighted by Gasteiger charge is 2.22. The Kier molecular flexibility index (Phi) is 3.69. The maximum atomic E-state index is 5.48. The molecular formula is C10H18N4O. The van der Waals surface area contributed by atoms with Crippen molar-refractivity contribution in [1.82, 2.24) is 20.3 Å². The first-order chi connectivity index (χ1) is 7.36. The molecule has 15 heavy (non-hydrogen) atoms. The van der Waals surface area contributed by atoms with Crippen LogP contribution in [0.4, 0.5) is 0 Å². The van der Waals surface area contributed by atoms with Crippen molar-refractivity contribution in [3.05, 3.63) is 12.4 Å². The minimum Gasteiger partial charge on any atom is -0.377 e. The third-order valence-electron chi connectivity index (χ3n) is 2.82. The molecule has 0 bridgehead atoms. The van der Waals surface area contributed by atoms with Crippen LogP contribution in [-0.4, -0.2) is 40.3 Å². The minimum absolute atomic E-state index is 0.358. The highest BCUT2D eigenvalue weighted by molar-refractivity contribution is 4.78.